The first-order chi connectivity index (χ1) is 34.0. The van der Waals surface area contributed by atoms with E-state index < -0.39 is 0 Å². The molecule has 69 heavy (non-hydrogen) atoms. The van der Waals surface area contributed by atoms with Crippen molar-refractivity contribution in [1.82, 2.24) is 9.05 Å². The van der Waals surface area contributed by atoms with E-state index in [-0.39, 0.29) is 6.85 Å². The van der Waals surface area contributed by atoms with Crippen LogP contribution in [0.5, 0.6) is 0 Å². The topological polar surface area (TPSA) is 9.86 Å². The summed E-state index contributed by atoms with van der Waals surface area (Å²) in [4.78, 5) is 0. The molecule has 328 valence electrons. The minimum Gasteiger partial charge on any atom is -0.375 e. The van der Waals surface area contributed by atoms with E-state index in [1.54, 1.807) is 11.1 Å². The fraction of sp³-hybridized carbons (Fsp3) is 0.303. The van der Waals surface area contributed by atoms with Crippen molar-refractivity contribution < 1.29 is 0 Å². The number of rotatable bonds is 4. The molecule has 3 heteroatoms. The summed E-state index contributed by atoms with van der Waals surface area (Å²) in [5.74, 6) is 5.90. The molecule has 4 unspecified atom stereocenters. The van der Waals surface area contributed by atoms with Crippen LogP contribution in [0.3, 0.4) is 0 Å². The van der Waals surface area contributed by atoms with Gasteiger partial charge in [-0.2, -0.15) is 0 Å². The number of hydrogen-bond acceptors (Lipinski definition) is 0. The molecule has 4 atom stereocenters. The number of benzene rings is 8. The lowest BCUT2D eigenvalue weighted by molar-refractivity contribution is -0.175. The van der Waals surface area contributed by atoms with Gasteiger partial charge in [0.15, 0.2) is 0 Å². The number of hydrogen-bond donors (Lipinski definition) is 0. The van der Waals surface area contributed by atoms with E-state index >= 15 is 0 Å². The summed E-state index contributed by atoms with van der Waals surface area (Å²) in [5, 5.41) is 8.43. The molecule has 8 aliphatic carbocycles. The van der Waals surface area contributed by atoms with E-state index in [9.17, 15) is 0 Å². The van der Waals surface area contributed by atoms with Gasteiger partial charge in [0, 0.05) is 43.5 Å². The molecule has 2 nitrogen and oxygen atoms in total. The van der Waals surface area contributed by atoms with E-state index in [1.165, 1.54) is 169 Å². The molecule has 0 saturated heterocycles. The highest BCUT2D eigenvalue weighted by molar-refractivity contribution is 6.90. The van der Waals surface area contributed by atoms with Gasteiger partial charge in [-0.05, 0) is 225 Å². The van der Waals surface area contributed by atoms with Crippen LogP contribution < -0.4 is 10.9 Å². The van der Waals surface area contributed by atoms with Gasteiger partial charge < -0.3 is 9.05 Å². The van der Waals surface area contributed by atoms with Gasteiger partial charge in [0.25, 0.3) is 0 Å². The first kappa shape index (κ1) is 35.7. The molecule has 4 bridgehead atoms. The second kappa shape index (κ2) is 11.2. The van der Waals surface area contributed by atoms with Gasteiger partial charge in [-0.3, -0.25) is 0 Å². The molecular formula is C66H51BN2. The van der Waals surface area contributed by atoms with Crippen molar-refractivity contribution in [1.29, 1.82) is 0 Å². The predicted octanol–water partition coefficient (Wildman–Crippen LogP) is 14.5. The van der Waals surface area contributed by atoms with Crippen LogP contribution in [0.15, 0.2) is 152 Å². The van der Waals surface area contributed by atoms with Gasteiger partial charge in [-0.15, -0.1) is 0 Å². The molecule has 10 aliphatic rings. The lowest BCUT2D eigenvalue weighted by atomic mass is 9.38. The molecule has 2 aromatic heterocycles. The fourth-order valence-electron chi connectivity index (χ4n) is 20.9. The minimum absolute atomic E-state index is 0.0188. The van der Waals surface area contributed by atoms with Crippen molar-refractivity contribution >= 4 is 72.2 Å². The van der Waals surface area contributed by atoms with Crippen LogP contribution in [0.2, 0.25) is 0 Å². The summed E-state index contributed by atoms with van der Waals surface area (Å²) in [6.07, 6.45) is 14.6. The Kier molecular flexibility index (Phi) is 5.78. The third kappa shape index (κ3) is 3.73. The maximum Gasteiger partial charge on any atom is 0.333 e. The van der Waals surface area contributed by atoms with E-state index in [0.717, 1.165) is 35.5 Å². The molecule has 20 rings (SSSR count). The van der Waals surface area contributed by atoms with Gasteiger partial charge >= 0.3 is 6.85 Å². The van der Waals surface area contributed by atoms with Crippen LogP contribution in [-0.2, 0) is 10.8 Å². The molecule has 0 radical (unpaired) electrons. The molecule has 0 N–H and O–H groups in total. The smallest absolute Gasteiger partial charge is 0.333 e. The Labute approximate surface area is 402 Å². The van der Waals surface area contributed by atoms with Crippen LogP contribution in [0, 0.1) is 46.3 Å². The molecule has 8 fully saturated rings. The average molecular weight is 883 g/mol. The fourth-order valence-corrected chi connectivity index (χ4v) is 20.9. The Morgan fingerprint density at radius 2 is 1.01 bits per heavy atom. The zero-order chi connectivity index (χ0) is 44.1. The lowest BCUT2D eigenvalue weighted by Crippen LogP contribution is -2.59. The van der Waals surface area contributed by atoms with Crippen LogP contribution in [0.4, 0.5) is 0 Å². The average Bonchev–Trinajstić information content (AvgIpc) is 4.21. The van der Waals surface area contributed by atoms with Gasteiger partial charge in [0.2, 0.25) is 0 Å². The van der Waals surface area contributed by atoms with Gasteiger partial charge in [0.05, 0.1) is 16.7 Å². The second-order valence-corrected chi connectivity index (χ2v) is 25.2. The van der Waals surface area contributed by atoms with Gasteiger partial charge in [-0.1, -0.05) is 103 Å². The summed E-state index contributed by atoms with van der Waals surface area (Å²) in [7, 11) is 0. The largest absolute Gasteiger partial charge is 0.375 e. The zero-order valence-corrected chi connectivity index (χ0v) is 38.9. The lowest BCUT2D eigenvalue weighted by Gasteiger charge is -2.66. The Morgan fingerprint density at radius 3 is 1.71 bits per heavy atom. The number of fused-ring (bicyclic) bond motifs is 14. The maximum atomic E-state index is 2.90. The third-order valence-corrected chi connectivity index (χ3v) is 23.3. The Bertz CT molecular complexity index is 4080. The SMILES string of the molecule is c1ccc(-c2ccc3c(c2)c2cc(-c4ccccc4)cc4c2n3-c2c3c(cc5ccccc25)-c2cc(C56CC7CC8CC(C5)C87C6)cc5c6cc(C78CC9CC%10CC(C7)C%109C8)ccc6n(c25)B34)cc1. The number of nitrogens with zero attached hydrogens (tertiary/aromatic N) is 2. The van der Waals surface area contributed by atoms with Crippen LogP contribution >= 0.6 is 0 Å². The van der Waals surface area contributed by atoms with Crippen molar-refractivity contribution in [2.45, 2.75) is 75.0 Å². The summed E-state index contributed by atoms with van der Waals surface area (Å²) in [6, 6.07) is 60.4. The monoisotopic (exact) mass is 882 g/mol. The van der Waals surface area contributed by atoms with Crippen molar-refractivity contribution in [2.75, 3.05) is 0 Å². The van der Waals surface area contributed by atoms with Crippen molar-refractivity contribution in [3.63, 3.8) is 0 Å². The highest BCUT2D eigenvalue weighted by Gasteiger charge is 2.78. The molecule has 8 saturated carbocycles. The van der Waals surface area contributed by atoms with Crippen molar-refractivity contribution in [3.05, 3.63) is 163 Å². The quantitative estimate of drug-likeness (QED) is 0.156. The van der Waals surface area contributed by atoms with Crippen LogP contribution in [-0.4, -0.2) is 15.9 Å². The normalized spacial score (nSPS) is 33.4. The highest BCUT2D eigenvalue weighted by Crippen LogP contribution is 2.86. The Hall–Kier alpha value is -6.32. The van der Waals surface area contributed by atoms with E-state index in [1.807, 2.05) is 0 Å². The molecule has 8 aromatic carbocycles. The summed E-state index contributed by atoms with van der Waals surface area (Å²) in [5.41, 5.74) is 23.3. The van der Waals surface area contributed by atoms with Gasteiger partial charge in [-0.25, -0.2) is 0 Å². The predicted molar refractivity (Wildman–Crippen MR) is 283 cm³/mol. The van der Waals surface area contributed by atoms with Crippen LogP contribution in [0.1, 0.15) is 75.3 Å². The Morgan fingerprint density at radius 1 is 0.420 bits per heavy atom. The number of aromatic nitrogens is 2. The first-order valence-corrected chi connectivity index (χ1v) is 26.9. The highest BCUT2D eigenvalue weighted by atomic mass is 15.0. The van der Waals surface area contributed by atoms with Crippen molar-refractivity contribution in [3.8, 4) is 39.1 Å². The van der Waals surface area contributed by atoms with Gasteiger partial charge in [0.1, 0.15) is 0 Å². The standard InChI is InChI=1S/C66H51BN2/c1-3-9-36(10-4-1)38-15-17-57-50(19-38)53-21-40(37-11-5-2-6-12-37)22-56-61(53)68(57)62-49-14-8-7-13-39(49)20-52-55-29-42(64-32-47-25-44-26-48(33-64)66(44,47)35-64)28-54-51-27-41(16-18-58(51)69(60(54)55)67(56)59(52)62)63-30-45-23-43-24-46(31-63)65(43,45)34-63/h1-22,27-29,43-48H,23-26,30-35H2. The zero-order valence-electron chi connectivity index (χ0n) is 38.9. The molecule has 10 aromatic rings. The molecule has 2 spiro atoms. The van der Waals surface area contributed by atoms with Crippen LogP contribution in [0.25, 0.3) is 93.5 Å². The molecule has 2 aliphatic heterocycles. The molecular weight excluding hydrogens is 832 g/mol. The third-order valence-electron chi connectivity index (χ3n) is 23.3. The van der Waals surface area contributed by atoms with E-state index in [0.29, 0.717) is 21.7 Å². The minimum atomic E-state index is 0.0188. The molecule has 4 heterocycles. The first-order valence-electron chi connectivity index (χ1n) is 26.9. The summed E-state index contributed by atoms with van der Waals surface area (Å²) >= 11 is 0. The second-order valence-electron chi connectivity index (χ2n) is 25.2. The summed E-state index contributed by atoms with van der Waals surface area (Å²) in [6.45, 7) is 0.0188. The summed E-state index contributed by atoms with van der Waals surface area (Å²) < 4.78 is 5.63. The molecule has 0 amide bonds. The van der Waals surface area contributed by atoms with E-state index in [4.69, 9.17) is 0 Å². The Balaban J connectivity index is 0.930. The van der Waals surface area contributed by atoms with Crippen molar-refractivity contribution in [2.24, 2.45) is 46.3 Å². The maximum absolute atomic E-state index is 2.90. The van der Waals surface area contributed by atoms with E-state index in [2.05, 4.69) is 161 Å².